The van der Waals surface area contributed by atoms with Gasteiger partial charge in [0, 0.05) is 11.6 Å². The van der Waals surface area contributed by atoms with E-state index in [-0.39, 0.29) is 12.4 Å². The number of methoxy groups -OCH3 is 1. The zero-order valence-corrected chi connectivity index (χ0v) is 13.1. The number of hydrogen-bond acceptors (Lipinski definition) is 4. The Kier molecular flexibility index (Phi) is 4.28. The number of nitrogens with zero attached hydrogens (tertiary/aromatic N) is 1. The Labute approximate surface area is 141 Å². The summed E-state index contributed by atoms with van der Waals surface area (Å²) in [6.07, 6.45) is -2.89. The molecule has 0 saturated heterocycles. The van der Waals surface area contributed by atoms with Crippen molar-refractivity contribution < 1.29 is 27.4 Å². The molecule has 0 radical (unpaired) electrons. The molecule has 0 amide bonds. The summed E-state index contributed by atoms with van der Waals surface area (Å²) >= 11 is 0. The molecule has 0 unspecified atom stereocenters. The molecule has 3 rings (SSSR count). The average Bonchev–Trinajstić information content (AvgIpc) is 3.05. The lowest BCUT2D eigenvalue weighted by Gasteiger charge is -2.09. The molecule has 1 heterocycles. The lowest BCUT2D eigenvalue weighted by molar-refractivity contribution is -0.137. The van der Waals surface area contributed by atoms with Crippen molar-refractivity contribution >= 4 is 11.6 Å². The minimum absolute atomic E-state index is 0.0929. The highest BCUT2D eigenvalue weighted by atomic mass is 19.4. The zero-order valence-electron chi connectivity index (χ0n) is 13.1. The van der Waals surface area contributed by atoms with Crippen molar-refractivity contribution in [2.75, 3.05) is 13.9 Å². The molecule has 0 N–H and O–H groups in total. The molecule has 0 spiro atoms. The van der Waals surface area contributed by atoms with Crippen LogP contribution in [0.15, 0.2) is 36.4 Å². The summed E-state index contributed by atoms with van der Waals surface area (Å²) in [6, 6.07) is 9.69. The summed E-state index contributed by atoms with van der Waals surface area (Å²) in [4.78, 5) is 0. The summed E-state index contributed by atoms with van der Waals surface area (Å²) in [5.74, 6) is 1.50. The molecule has 1 aliphatic heterocycles. The van der Waals surface area contributed by atoms with Crippen molar-refractivity contribution in [2.45, 2.75) is 6.18 Å². The molecule has 0 aliphatic carbocycles. The molecule has 0 saturated carbocycles. The van der Waals surface area contributed by atoms with Crippen LogP contribution >= 0.6 is 0 Å². The van der Waals surface area contributed by atoms with E-state index in [1.807, 2.05) is 6.07 Å². The van der Waals surface area contributed by atoms with Gasteiger partial charge < -0.3 is 14.2 Å². The summed E-state index contributed by atoms with van der Waals surface area (Å²) in [5.41, 5.74) is 0.360. The molecule has 4 nitrogen and oxygen atoms in total. The number of allylic oxidation sites excluding steroid dienone is 1. The maximum absolute atomic E-state index is 12.7. The third kappa shape index (κ3) is 3.38. The molecule has 0 bridgehead atoms. The van der Waals surface area contributed by atoms with Crippen LogP contribution in [0.5, 0.6) is 17.2 Å². The lowest BCUT2D eigenvalue weighted by atomic mass is 10.0. The van der Waals surface area contributed by atoms with Crippen LogP contribution in [-0.2, 0) is 6.18 Å². The second-order valence-electron chi connectivity index (χ2n) is 5.19. The van der Waals surface area contributed by atoms with E-state index in [4.69, 9.17) is 14.2 Å². The Morgan fingerprint density at radius 1 is 1.16 bits per heavy atom. The van der Waals surface area contributed by atoms with Crippen LogP contribution in [0.25, 0.3) is 11.6 Å². The van der Waals surface area contributed by atoms with Gasteiger partial charge in [0.25, 0.3) is 0 Å². The number of fused-ring (bicyclic) bond motifs is 1. The van der Waals surface area contributed by atoms with Crippen LogP contribution in [-0.4, -0.2) is 13.9 Å². The topological polar surface area (TPSA) is 51.5 Å². The van der Waals surface area contributed by atoms with Crippen LogP contribution in [0.1, 0.15) is 16.7 Å². The van der Waals surface area contributed by atoms with Crippen molar-refractivity contribution in [3.8, 4) is 23.3 Å². The SMILES string of the molecule is COc1cc2c(cc1/C=C(\C#N)c1ccc(C(F)(F)F)cc1)OCO2. The maximum Gasteiger partial charge on any atom is 0.416 e. The van der Waals surface area contributed by atoms with E-state index in [2.05, 4.69) is 0 Å². The highest BCUT2D eigenvalue weighted by molar-refractivity contribution is 5.91. The number of nitriles is 1. The van der Waals surface area contributed by atoms with Gasteiger partial charge in [-0.3, -0.25) is 0 Å². The van der Waals surface area contributed by atoms with Gasteiger partial charge in [-0.05, 0) is 29.8 Å². The number of ether oxygens (including phenoxy) is 3. The van der Waals surface area contributed by atoms with E-state index in [9.17, 15) is 18.4 Å². The standard InChI is InChI=1S/C18H12F3NO3/c1-23-15-8-17-16(24-10-25-17)7-12(15)6-13(9-22)11-2-4-14(5-3-11)18(19,20)21/h2-8H,10H2,1H3/b13-6+. The zero-order chi connectivity index (χ0) is 18.0. The first kappa shape index (κ1) is 16.7. The molecular weight excluding hydrogens is 335 g/mol. The number of alkyl halides is 3. The Hall–Kier alpha value is -3.14. The largest absolute Gasteiger partial charge is 0.496 e. The van der Waals surface area contributed by atoms with Gasteiger partial charge in [-0.1, -0.05) is 12.1 Å². The normalized spacial score (nSPS) is 13.5. The van der Waals surface area contributed by atoms with E-state index >= 15 is 0 Å². The number of benzene rings is 2. The predicted octanol–water partition coefficient (Wildman–Crippen LogP) is 4.51. The van der Waals surface area contributed by atoms with Gasteiger partial charge in [0.15, 0.2) is 11.5 Å². The van der Waals surface area contributed by atoms with Gasteiger partial charge in [0.05, 0.1) is 24.3 Å². The van der Waals surface area contributed by atoms with Gasteiger partial charge in [0.2, 0.25) is 6.79 Å². The van der Waals surface area contributed by atoms with E-state index in [1.54, 1.807) is 12.1 Å². The summed E-state index contributed by atoms with van der Waals surface area (Å²) in [6.45, 7) is 0.0929. The van der Waals surface area contributed by atoms with Crippen molar-refractivity contribution in [3.05, 3.63) is 53.1 Å². The minimum Gasteiger partial charge on any atom is -0.496 e. The fourth-order valence-electron chi connectivity index (χ4n) is 2.40. The van der Waals surface area contributed by atoms with Crippen molar-refractivity contribution in [2.24, 2.45) is 0 Å². The van der Waals surface area contributed by atoms with E-state index in [1.165, 1.54) is 25.3 Å². The van der Waals surface area contributed by atoms with Crippen molar-refractivity contribution in [3.63, 3.8) is 0 Å². The monoisotopic (exact) mass is 347 g/mol. The Morgan fingerprint density at radius 3 is 2.36 bits per heavy atom. The van der Waals surface area contributed by atoms with Crippen LogP contribution < -0.4 is 14.2 Å². The predicted molar refractivity (Wildman–Crippen MR) is 84.0 cm³/mol. The maximum atomic E-state index is 12.7. The molecule has 25 heavy (non-hydrogen) atoms. The van der Waals surface area contributed by atoms with Gasteiger partial charge in [0.1, 0.15) is 5.75 Å². The highest BCUT2D eigenvalue weighted by Crippen LogP contribution is 2.39. The highest BCUT2D eigenvalue weighted by Gasteiger charge is 2.30. The molecule has 2 aromatic carbocycles. The number of halogens is 3. The van der Waals surface area contributed by atoms with Gasteiger partial charge >= 0.3 is 6.18 Å². The van der Waals surface area contributed by atoms with Crippen LogP contribution in [0.3, 0.4) is 0 Å². The molecular formula is C18H12F3NO3. The molecule has 1 aliphatic rings. The van der Waals surface area contributed by atoms with Crippen LogP contribution in [0.4, 0.5) is 13.2 Å². The van der Waals surface area contributed by atoms with Gasteiger partial charge in [-0.2, -0.15) is 18.4 Å². The summed E-state index contributed by atoms with van der Waals surface area (Å²) in [5, 5.41) is 9.39. The smallest absolute Gasteiger partial charge is 0.416 e. The van der Waals surface area contributed by atoms with E-state index in [0.717, 1.165) is 12.1 Å². The molecule has 0 fully saturated rings. The fourth-order valence-corrected chi connectivity index (χ4v) is 2.40. The molecule has 0 atom stereocenters. The first-order valence-corrected chi connectivity index (χ1v) is 7.19. The Bertz CT molecular complexity index is 865. The van der Waals surface area contributed by atoms with Gasteiger partial charge in [-0.15, -0.1) is 0 Å². The third-order valence-corrected chi connectivity index (χ3v) is 3.67. The fraction of sp³-hybridized carbons (Fsp3) is 0.167. The van der Waals surface area contributed by atoms with E-state index in [0.29, 0.717) is 28.4 Å². The van der Waals surface area contributed by atoms with Crippen LogP contribution in [0.2, 0.25) is 0 Å². The van der Waals surface area contributed by atoms with Crippen molar-refractivity contribution in [1.29, 1.82) is 5.26 Å². The number of hydrogen-bond donors (Lipinski definition) is 0. The molecule has 7 heteroatoms. The number of rotatable bonds is 3. The first-order chi connectivity index (χ1) is 11.9. The van der Waals surface area contributed by atoms with E-state index < -0.39 is 11.7 Å². The molecule has 0 aromatic heterocycles. The molecule has 2 aromatic rings. The Balaban J connectivity index is 2.00. The first-order valence-electron chi connectivity index (χ1n) is 7.19. The summed E-state index contributed by atoms with van der Waals surface area (Å²) < 4.78 is 53.8. The average molecular weight is 347 g/mol. The van der Waals surface area contributed by atoms with Crippen molar-refractivity contribution in [1.82, 2.24) is 0 Å². The quantitative estimate of drug-likeness (QED) is 0.606. The van der Waals surface area contributed by atoms with Gasteiger partial charge in [-0.25, -0.2) is 0 Å². The molecule has 128 valence electrons. The second-order valence-corrected chi connectivity index (χ2v) is 5.19. The Morgan fingerprint density at radius 2 is 1.80 bits per heavy atom. The third-order valence-electron chi connectivity index (χ3n) is 3.67. The summed E-state index contributed by atoms with van der Waals surface area (Å²) in [7, 11) is 1.47. The second kappa shape index (κ2) is 6.40. The van der Waals surface area contributed by atoms with Crippen LogP contribution in [0, 0.1) is 11.3 Å². The minimum atomic E-state index is -4.42. The lowest BCUT2D eigenvalue weighted by Crippen LogP contribution is -2.04.